The number of halogens is 4. The maximum absolute atomic E-state index is 13.1. The fourth-order valence-electron chi connectivity index (χ4n) is 6.93. The third-order valence-corrected chi connectivity index (χ3v) is 11.4. The molecule has 14 heteroatoms. The lowest BCUT2D eigenvalue weighted by Crippen LogP contribution is -2.45. The Labute approximate surface area is 352 Å². The number of carbonyl (C=O) groups excluding carboxylic acids is 1. The first kappa shape index (κ1) is 41.7. The topological polar surface area (TPSA) is 84.3 Å². The standard InChI is InChI=1S/C22H21Cl3N4O.C20H25BrN2O3/c1-14-20(22(30)27-28-11-3-2-4-12-28)26-29(19-10-9-17(24)13-18(19)25)21(14)15-5-7-16(23)8-6-15;1-24-18-7-4-15(12-20(18)26-3)14-22-8-10-23(11-9-22)16-5-6-17(21)19(13-16)25-2/h5-10,13H,2-4,11-12H2,1H3,(H,27,30);4-7,12-13H,8-11,14H2,1-3H3. The average Bonchev–Trinajstić information content (AvgIpc) is 3.55. The highest BCUT2D eigenvalue weighted by Gasteiger charge is 2.25. The highest BCUT2D eigenvalue weighted by molar-refractivity contribution is 9.10. The van der Waals surface area contributed by atoms with E-state index in [1.807, 2.05) is 48.3 Å². The largest absolute Gasteiger partial charge is 0.495 e. The molecule has 5 aromatic rings. The summed E-state index contributed by atoms with van der Waals surface area (Å²) in [5, 5.41) is 8.22. The molecule has 0 saturated carbocycles. The Bertz CT molecular complexity index is 2120. The van der Waals surface area contributed by atoms with Crippen molar-refractivity contribution in [3.8, 4) is 34.2 Å². The van der Waals surface area contributed by atoms with Crippen LogP contribution in [0.15, 0.2) is 83.3 Å². The number of carbonyl (C=O) groups is 1. The van der Waals surface area contributed by atoms with Gasteiger partial charge in [-0.25, -0.2) is 9.69 Å². The molecule has 56 heavy (non-hydrogen) atoms. The molecule has 0 radical (unpaired) electrons. The molecule has 296 valence electrons. The number of nitrogens with one attached hydrogen (secondary N) is 1. The van der Waals surface area contributed by atoms with Crippen molar-refractivity contribution in [2.75, 3.05) is 65.5 Å². The third-order valence-electron chi connectivity index (χ3n) is 9.93. The van der Waals surface area contributed by atoms with Crippen LogP contribution in [0.5, 0.6) is 17.2 Å². The zero-order chi connectivity index (χ0) is 39.8. The van der Waals surface area contributed by atoms with Crippen LogP contribution < -0.4 is 24.5 Å². The number of methoxy groups -OCH3 is 3. The Morgan fingerprint density at radius 2 is 1.43 bits per heavy atom. The van der Waals surface area contributed by atoms with Crippen LogP contribution in [-0.2, 0) is 6.54 Å². The van der Waals surface area contributed by atoms with Crippen LogP contribution in [0.3, 0.4) is 0 Å². The molecule has 0 aliphatic carbocycles. The summed E-state index contributed by atoms with van der Waals surface area (Å²) < 4.78 is 18.8. The lowest BCUT2D eigenvalue weighted by Gasteiger charge is -2.36. The fourth-order valence-corrected chi connectivity index (χ4v) is 7.96. The van der Waals surface area contributed by atoms with Crippen LogP contribution in [-0.4, -0.2) is 86.2 Å². The number of ether oxygens (including phenoxy) is 3. The van der Waals surface area contributed by atoms with Gasteiger partial charge in [0.1, 0.15) is 5.75 Å². The molecule has 3 heterocycles. The molecule has 1 N–H and O–H groups in total. The van der Waals surface area contributed by atoms with Gasteiger partial charge in [0.15, 0.2) is 17.2 Å². The number of benzene rings is 4. The number of amides is 1. The molecule has 0 bridgehead atoms. The number of nitrogens with zero attached hydrogens (tertiary/aromatic N) is 5. The lowest BCUT2D eigenvalue weighted by atomic mass is 10.1. The van der Waals surface area contributed by atoms with Crippen molar-refractivity contribution in [1.29, 1.82) is 0 Å². The van der Waals surface area contributed by atoms with Crippen molar-refractivity contribution in [2.45, 2.75) is 32.7 Å². The van der Waals surface area contributed by atoms with Crippen molar-refractivity contribution in [2.24, 2.45) is 0 Å². The molecular formula is C42H46BrCl3N6O4. The SMILES string of the molecule is COc1cc(N2CCN(Cc3ccc(OC)c(OC)c3)CC2)ccc1Br.Cc1c(C(=O)NN2CCCCC2)nn(-c2ccc(Cl)cc2Cl)c1-c1ccc(Cl)cc1. The van der Waals surface area contributed by atoms with Gasteiger partial charge in [-0.1, -0.05) is 59.4 Å². The van der Waals surface area contributed by atoms with Gasteiger partial charge in [-0.05, 0) is 95.9 Å². The molecule has 0 spiro atoms. The van der Waals surface area contributed by atoms with Crippen LogP contribution in [0.25, 0.3) is 16.9 Å². The van der Waals surface area contributed by atoms with Crippen molar-refractivity contribution >= 4 is 62.3 Å². The van der Waals surface area contributed by atoms with Gasteiger partial charge in [-0.15, -0.1) is 0 Å². The number of hydrogen-bond acceptors (Lipinski definition) is 8. The summed E-state index contributed by atoms with van der Waals surface area (Å²) in [5.74, 6) is 2.19. The van der Waals surface area contributed by atoms with Gasteiger partial charge in [-0.2, -0.15) is 5.10 Å². The second-order valence-corrected chi connectivity index (χ2v) is 15.7. The number of hydrogen-bond donors (Lipinski definition) is 1. The molecule has 2 saturated heterocycles. The second kappa shape index (κ2) is 19.5. The van der Waals surface area contributed by atoms with Gasteiger partial charge in [0.05, 0.1) is 42.2 Å². The van der Waals surface area contributed by atoms with Gasteiger partial charge < -0.3 is 19.1 Å². The molecule has 10 nitrogen and oxygen atoms in total. The summed E-state index contributed by atoms with van der Waals surface area (Å²) in [7, 11) is 5.03. The predicted octanol–water partition coefficient (Wildman–Crippen LogP) is 9.74. The van der Waals surface area contributed by atoms with E-state index in [1.165, 1.54) is 17.7 Å². The Kier molecular flexibility index (Phi) is 14.5. The Hall–Kier alpha value is -3.97. The Morgan fingerprint density at radius 3 is 2.09 bits per heavy atom. The Morgan fingerprint density at radius 1 is 0.750 bits per heavy atom. The van der Waals surface area contributed by atoms with Crippen molar-refractivity contribution < 1.29 is 19.0 Å². The van der Waals surface area contributed by atoms with E-state index in [1.54, 1.807) is 44.2 Å². The van der Waals surface area contributed by atoms with Crippen molar-refractivity contribution in [3.63, 3.8) is 0 Å². The summed E-state index contributed by atoms with van der Waals surface area (Å²) >= 11 is 22.1. The zero-order valence-corrected chi connectivity index (χ0v) is 35.8. The molecule has 1 aromatic heterocycles. The van der Waals surface area contributed by atoms with Gasteiger partial charge in [0.2, 0.25) is 0 Å². The average molecular weight is 885 g/mol. The molecule has 4 aromatic carbocycles. The van der Waals surface area contributed by atoms with Gasteiger partial charge in [-0.3, -0.25) is 15.1 Å². The molecule has 1 amide bonds. The maximum atomic E-state index is 13.1. The minimum Gasteiger partial charge on any atom is -0.495 e. The third kappa shape index (κ3) is 10.1. The van der Waals surface area contributed by atoms with Crippen LogP contribution in [0, 0.1) is 6.92 Å². The second-order valence-electron chi connectivity index (χ2n) is 13.6. The summed E-state index contributed by atoms with van der Waals surface area (Å²) in [6, 6.07) is 25.0. The molecule has 2 fully saturated rings. The first-order chi connectivity index (χ1) is 27.1. The number of piperidine rings is 1. The zero-order valence-electron chi connectivity index (χ0n) is 32.0. The highest BCUT2D eigenvalue weighted by Crippen LogP contribution is 2.34. The van der Waals surface area contributed by atoms with Crippen molar-refractivity contribution in [1.82, 2.24) is 25.1 Å². The van der Waals surface area contributed by atoms with Crippen LogP contribution in [0.1, 0.15) is 40.9 Å². The lowest BCUT2D eigenvalue weighted by molar-refractivity contribution is 0.0743. The van der Waals surface area contributed by atoms with E-state index >= 15 is 0 Å². The minimum absolute atomic E-state index is 0.228. The van der Waals surface area contributed by atoms with E-state index in [2.05, 4.69) is 60.5 Å². The van der Waals surface area contributed by atoms with Gasteiger partial charge >= 0.3 is 0 Å². The first-order valence-corrected chi connectivity index (χ1v) is 20.4. The number of piperazine rings is 1. The normalized spacial score (nSPS) is 14.8. The smallest absolute Gasteiger partial charge is 0.286 e. The fraction of sp³-hybridized carbons (Fsp3) is 0.333. The first-order valence-electron chi connectivity index (χ1n) is 18.5. The predicted molar refractivity (Wildman–Crippen MR) is 229 cm³/mol. The minimum atomic E-state index is -0.228. The summed E-state index contributed by atoms with van der Waals surface area (Å²) in [6.07, 6.45) is 3.34. The van der Waals surface area contributed by atoms with E-state index < -0.39 is 0 Å². The highest BCUT2D eigenvalue weighted by atomic mass is 79.9. The molecule has 7 rings (SSSR count). The van der Waals surface area contributed by atoms with E-state index in [0.717, 1.165) is 97.2 Å². The van der Waals surface area contributed by atoms with E-state index in [9.17, 15) is 4.79 Å². The van der Waals surface area contributed by atoms with Crippen LogP contribution >= 0.6 is 50.7 Å². The summed E-state index contributed by atoms with van der Waals surface area (Å²) in [5.41, 5.74) is 8.86. The Balaban J connectivity index is 0.000000192. The summed E-state index contributed by atoms with van der Waals surface area (Å²) in [4.78, 5) is 17.9. The number of aromatic nitrogens is 2. The van der Waals surface area contributed by atoms with E-state index in [0.29, 0.717) is 26.4 Å². The monoisotopic (exact) mass is 882 g/mol. The molecule has 0 atom stereocenters. The van der Waals surface area contributed by atoms with Crippen LogP contribution in [0.2, 0.25) is 15.1 Å². The van der Waals surface area contributed by atoms with Crippen molar-refractivity contribution in [3.05, 3.63) is 115 Å². The van der Waals surface area contributed by atoms with Crippen LogP contribution in [0.4, 0.5) is 5.69 Å². The number of hydrazine groups is 1. The number of rotatable bonds is 10. The molecule has 2 aliphatic heterocycles. The molecular weight excluding hydrogens is 839 g/mol. The maximum Gasteiger partial charge on any atom is 0.286 e. The molecule has 0 unspecified atom stereocenters. The van der Waals surface area contributed by atoms with E-state index in [4.69, 9.17) is 49.0 Å². The van der Waals surface area contributed by atoms with Gasteiger partial charge in [0, 0.05) is 78.7 Å². The number of anilines is 1. The molecule has 2 aliphatic rings. The van der Waals surface area contributed by atoms with Gasteiger partial charge in [0.25, 0.3) is 5.91 Å². The van der Waals surface area contributed by atoms with E-state index in [-0.39, 0.29) is 5.91 Å². The summed E-state index contributed by atoms with van der Waals surface area (Å²) in [6.45, 7) is 8.53. The quantitative estimate of drug-likeness (QED) is 0.149.